The number of fused-ring (bicyclic) bond motifs is 3. The Hall–Kier alpha value is -3.77. The average molecular weight is 507 g/mol. The van der Waals surface area contributed by atoms with Crippen LogP contribution in [0.25, 0.3) is 43.4 Å². The molecule has 3 nitrogen and oxygen atoms in total. The Labute approximate surface area is 210 Å². The summed E-state index contributed by atoms with van der Waals surface area (Å²) in [5.74, 6) is -0.191. The summed E-state index contributed by atoms with van der Waals surface area (Å²) in [5.41, 5.74) is 7.64. The van der Waals surface area contributed by atoms with Crippen molar-refractivity contribution in [1.82, 2.24) is 5.32 Å². The van der Waals surface area contributed by atoms with Crippen LogP contribution in [0.2, 0.25) is 5.02 Å². The second kappa shape index (κ2) is 8.71. The smallest absolute Gasteiger partial charge is 0.398 e. The highest BCUT2D eigenvalue weighted by molar-refractivity contribution is 6.38. The van der Waals surface area contributed by atoms with Crippen molar-refractivity contribution in [3.8, 4) is 11.1 Å². The fourth-order valence-corrected chi connectivity index (χ4v) is 4.78. The lowest BCUT2D eigenvalue weighted by atomic mass is 9.89. The quantitative estimate of drug-likeness (QED) is 0.191. The molecule has 0 aliphatic rings. The van der Waals surface area contributed by atoms with Gasteiger partial charge in [0, 0.05) is 17.0 Å². The number of carbonyl (C=O) groups excluding carboxylic acids is 1. The van der Waals surface area contributed by atoms with E-state index >= 15 is 0 Å². The van der Waals surface area contributed by atoms with E-state index in [0.717, 1.165) is 50.0 Å². The number of nitrogen functional groups attached to an aromatic ring is 1. The molecule has 3 N–H and O–H groups in total. The summed E-state index contributed by atoms with van der Waals surface area (Å²) in [4.78, 5) is 12.6. The minimum Gasteiger partial charge on any atom is -0.398 e. The number of nitrogens with one attached hydrogen (secondary N) is 1. The maximum Gasteiger partial charge on any atom is 0.416 e. The first-order chi connectivity index (χ1) is 17.0. The van der Waals surface area contributed by atoms with Gasteiger partial charge in [-0.25, -0.2) is 0 Å². The van der Waals surface area contributed by atoms with Gasteiger partial charge in [-0.05, 0) is 100 Å². The van der Waals surface area contributed by atoms with Crippen LogP contribution in [0.5, 0.6) is 0 Å². The molecule has 0 saturated carbocycles. The molecular weight excluding hydrogens is 485 g/mol. The molecule has 0 aromatic heterocycles. The Morgan fingerprint density at radius 3 is 2.17 bits per heavy atom. The van der Waals surface area contributed by atoms with Gasteiger partial charge in [0.15, 0.2) is 0 Å². The molecule has 0 aliphatic heterocycles. The number of nitrogens with two attached hydrogens (primary N) is 1. The number of anilines is 1. The minimum absolute atomic E-state index is 0.0175. The van der Waals surface area contributed by atoms with E-state index in [0.29, 0.717) is 21.8 Å². The molecule has 5 aromatic carbocycles. The summed E-state index contributed by atoms with van der Waals surface area (Å²) in [6.45, 7) is 3.77. The first-order valence-corrected chi connectivity index (χ1v) is 11.8. The van der Waals surface area contributed by atoms with E-state index in [4.69, 9.17) is 17.3 Å². The molecule has 0 radical (unpaired) electrons. The largest absolute Gasteiger partial charge is 0.416 e. The lowest BCUT2D eigenvalue weighted by Gasteiger charge is -2.16. The van der Waals surface area contributed by atoms with E-state index in [1.807, 2.05) is 44.2 Å². The van der Waals surface area contributed by atoms with Crippen LogP contribution in [0.4, 0.5) is 18.9 Å². The number of rotatable bonds is 3. The highest BCUT2D eigenvalue weighted by Gasteiger charge is 2.30. The molecule has 0 fully saturated rings. The first-order valence-electron chi connectivity index (χ1n) is 11.4. The van der Waals surface area contributed by atoms with E-state index in [1.54, 1.807) is 18.2 Å². The number of amides is 1. The Morgan fingerprint density at radius 1 is 0.833 bits per heavy atom. The summed E-state index contributed by atoms with van der Waals surface area (Å²) in [5, 5.41) is 8.25. The molecule has 1 amide bonds. The molecule has 36 heavy (non-hydrogen) atoms. The summed E-state index contributed by atoms with van der Waals surface area (Å²) in [6, 6.07) is 20.0. The maximum atomic E-state index is 13.2. The molecule has 0 unspecified atom stereocenters. The molecule has 0 bridgehead atoms. The van der Waals surface area contributed by atoms with Crippen LogP contribution in [-0.2, 0) is 6.18 Å². The zero-order chi connectivity index (χ0) is 25.8. The predicted octanol–water partition coefficient (Wildman–Crippen LogP) is 8.21. The van der Waals surface area contributed by atoms with Crippen LogP contribution in [0.3, 0.4) is 0 Å². The standard InChI is InChI=1S/C29H22ClF3N2O/c1-15(2)35-28(36)18-5-9-22-19(12-18)13-20-11-17-6-10-25(34)27(30)24(17)14-23(20)26(22)16-3-7-21(8-4-16)29(31,32)33/h3-15H,34H2,1-2H3,(H,35,36). The third-order valence-electron chi connectivity index (χ3n) is 6.24. The highest BCUT2D eigenvalue weighted by Crippen LogP contribution is 2.41. The summed E-state index contributed by atoms with van der Waals surface area (Å²) < 4.78 is 39.7. The van der Waals surface area contributed by atoms with E-state index in [9.17, 15) is 18.0 Å². The number of benzene rings is 5. The van der Waals surface area contributed by atoms with Gasteiger partial charge < -0.3 is 11.1 Å². The summed E-state index contributed by atoms with van der Waals surface area (Å²) in [6.07, 6.45) is -4.43. The Kier molecular flexibility index (Phi) is 5.80. The number of halogens is 4. The van der Waals surface area contributed by atoms with Gasteiger partial charge in [0.05, 0.1) is 16.3 Å². The van der Waals surface area contributed by atoms with Crippen molar-refractivity contribution in [2.75, 3.05) is 5.73 Å². The van der Waals surface area contributed by atoms with E-state index < -0.39 is 11.7 Å². The van der Waals surface area contributed by atoms with Crippen LogP contribution < -0.4 is 11.1 Å². The minimum atomic E-state index is -4.43. The van der Waals surface area contributed by atoms with E-state index in [2.05, 4.69) is 5.32 Å². The van der Waals surface area contributed by atoms with Crippen molar-refractivity contribution in [3.05, 3.63) is 88.9 Å². The molecule has 7 heteroatoms. The summed E-state index contributed by atoms with van der Waals surface area (Å²) in [7, 11) is 0. The summed E-state index contributed by atoms with van der Waals surface area (Å²) >= 11 is 6.52. The molecule has 182 valence electrons. The van der Waals surface area contributed by atoms with Gasteiger partial charge in [0.1, 0.15) is 0 Å². The predicted molar refractivity (Wildman–Crippen MR) is 141 cm³/mol. The monoisotopic (exact) mass is 506 g/mol. The topological polar surface area (TPSA) is 55.1 Å². The molecule has 0 spiro atoms. The zero-order valence-corrected chi connectivity index (χ0v) is 20.3. The highest BCUT2D eigenvalue weighted by atomic mass is 35.5. The second-order valence-electron chi connectivity index (χ2n) is 9.15. The third kappa shape index (κ3) is 4.22. The van der Waals surface area contributed by atoms with E-state index in [1.165, 1.54) is 12.1 Å². The van der Waals surface area contributed by atoms with Crippen molar-refractivity contribution >= 4 is 55.5 Å². The molecule has 0 atom stereocenters. The second-order valence-corrected chi connectivity index (χ2v) is 9.53. The SMILES string of the molecule is CC(C)NC(=O)c1ccc2c(-c3ccc(C(F)(F)F)cc3)c3cc4c(Cl)c(N)ccc4cc3cc2c1. The van der Waals surface area contributed by atoms with Gasteiger partial charge in [-0.2, -0.15) is 13.2 Å². The Morgan fingerprint density at radius 2 is 1.50 bits per heavy atom. The van der Waals surface area contributed by atoms with Gasteiger partial charge in [-0.3, -0.25) is 4.79 Å². The van der Waals surface area contributed by atoms with Crippen molar-refractivity contribution < 1.29 is 18.0 Å². The molecule has 0 saturated heterocycles. The lowest BCUT2D eigenvalue weighted by Crippen LogP contribution is -2.29. The van der Waals surface area contributed by atoms with Crippen LogP contribution in [0, 0.1) is 0 Å². The van der Waals surface area contributed by atoms with Gasteiger partial charge in [-0.15, -0.1) is 0 Å². The number of hydrogen-bond donors (Lipinski definition) is 2. The Bertz CT molecular complexity index is 1660. The van der Waals surface area contributed by atoms with Crippen LogP contribution in [0.1, 0.15) is 29.8 Å². The third-order valence-corrected chi connectivity index (χ3v) is 6.66. The van der Waals surface area contributed by atoms with Gasteiger partial charge in [0.2, 0.25) is 0 Å². The molecule has 0 heterocycles. The molecular formula is C29H22ClF3N2O. The van der Waals surface area contributed by atoms with Crippen molar-refractivity contribution in [3.63, 3.8) is 0 Å². The zero-order valence-electron chi connectivity index (χ0n) is 19.5. The molecule has 0 aliphatic carbocycles. The van der Waals surface area contributed by atoms with Gasteiger partial charge >= 0.3 is 6.18 Å². The van der Waals surface area contributed by atoms with Crippen LogP contribution >= 0.6 is 11.6 Å². The van der Waals surface area contributed by atoms with Gasteiger partial charge in [-0.1, -0.05) is 35.9 Å². The average Bonchev–Trinajstić information content (AvgIpc) is 2.83. The van der Waals surface area contributed by atoms with Crippen molar-refractivity contribution in [2.24, 2.45) is 0 Å². The van der Waals surface area contributed by atoms with Crippen LogP contribution in [0.15, 0.2) is 72.8 Å². The molecule has 5 rings (SSSR count). The Balaban J connectivity index is 1.83. The molecule has 5 aromatic rings. The number of hydrogen-bond acceptors (Lipinski definition) is 2. The van der Waals surface area contributed by atoms with Crippen LogP contribution in [-0.4, -0.2) is 11.9 Å². The lowest BCUT2D eigenvalue weighted by molar-refractivity contribution is -0.137. The maximum absolute atomic E-state index is 13.2. The number of carbonyl (C=O) groups is 1. The normalized spacial score (nSPS) is 12.1. The van der Waals surface area contributed by atoms with Gasteiger partial charge in [0.25, 0.3) is 5.91 Å². The fourth-order valence-electron chi connectivity index (χ4n) is 4.55. The first kappa shape index (κ1) is 23.9. The fraction of sp³-hybridized carbons (Fsp3) is 0.138. The van der Waals surface area contributed by atoms with E-state index in [-0.39, 0.29) is 11.9 Å². The van der Waals surface area contributed by atoms with Crippen molar-refractivity contribution in [1.29, 1.82) is 0 Å². The number of alkyl halides is 3. The van der Waals surface area contributed by atoms with Crippen molar-refractivity contribution in [2.45, 2.75) is 26.1 Å².